The minimum Gasteiger partial charge on any atom is -0.325 e. The zero-order chi connectivity index (χ0) is 22.2. The minimum atomic E-state index is -0.148. The molecule has 2 N–H and O–H groups in total. The Morgan fingerprint density at radius 3 is 2.29 bits per heavy atom. The second-order valence-corrected chi connectivity index (χ2v) is 8.19. The maximum absolute atomic E-state index is 12.5. The van der Waals surface area contributed by atoms with Crippen LogP contribution in [-0.2, 0) is 4.79 Å². The van der Waals surface area contributed by atoms with Crippen molar-refractivity contribution in [3.63, 3.8) is 0 Å². The smallest absolute Gasteiger partial charge is 0.255 e. The van der Waals surface area contributed by atoms with Crippen LogP contribution in [0.1, 0.15) is 28.9 Å². The molecule has 0 aromatic heterocycles. The predicted octanol–water partition coefficient (Wildman–Crippen LogP) is 5.29. The van der Waals surface area contributed by atoms with Gasteiger partial charge in [0.05, 0.1) is 6.54 Å². The lowest BCUT2D eigenvalue weighted by Crippen LogP contribution is -2.32. The molecular weight excluding hydrogens is 406 g/mol. The molecule has 0 aliphatic heterocycles. The van der Waals surface area contributed by atoms with Gasteiger partial charge >= 0.3 is 0 Å². The van der Waals surface area contributed by atoms with Gasteiger partial charge in [-0.05, 0) is 74.3 Å². The van der Waals surface area contributed by atoms with Gasteiger partial charge in [0.15, 0.2) is 0 Å². The van der Waals surface area contributed by atoms with E-state index >= 15 is 0 Å². The number of anilines is 2. The quantitative estimate of drug-likeness (QED) is 0.474. The number of likely N-dealkylation sites (N-methyl/N-ethyl adjacent to an activating group) is 1. The van der Waals surface area contributed by atoms with Gasteiger partial charge in [0.1, 0.15) is 0 Å². The van der Waals surface area contributed by atoms with E-state index in [0.29, 0.717) is 5.56 Å². The summed E-state index contributed by atoms with van der Waals surface area (Å²) in [6, 6.07) is 24.6. The molecule has 0 fully saturated rings. The highest BCUT2D eigenvalue weighted by atomic mass is 32.2. The van der Waals surface area contributed by atoms with E-state index in [1.807, 2.05) is 91.9 Å². The number of nitrogens with one attached hydrogen (secondary N) is 2. The molecular formula is C25H27N3O2S. The summed E-state index contributed by atoms with van der Waals surface area (Å²) in [5.74, 6) is -0.217. The molecule has 0 aliphatic rings. The lowest BCUT2D eigenvalue weighted by molar-refractivity contribution is -0.117. The lowest BCUT2D eigenvalue weighted by atomic mass is 10.1. The molecule has 0 aliphatic carbocycles. The van der Waals surface area contributed by atoms with Gasteiger partial charge in [-0.1, -0.05) is 30.3 Å². The van der Waals surface area contributed by atoms with Gasteiger partial charge in [0.2, 0.25) is 5.91 Å². The third-order valence-corrected chi connectivity index (χ3v) is 5.83. The number of hydrogen-bond donors (Lipinski definition) is 2. The van der Waals surface area contributed by atoms with Crippen molar-refractivity contribution < 1.29 is 9.59 Å². The van der Waals surface area contributed by atoms with E-state index in [-0.39, 0.29) is 24.4 Å². The fourth-order valence-corrected chi connectivity index (χ4v) is 3.57. The standard InChI is InChI=1S/C25H27N3O2S/c1-18(28(2)17-24(29)26-21-12-14-23(31-3)15-13-21)20-10-7-11-22(16-20)27-25(30)19-8-5-4-6-9-19/h4-16,18H,17H2,1-3H3,(H,26,29)(H,27,30). The zero-order valence-electron chi connectivity index (χ0n) is 18.0. The normalized spacial score (nSPS) is 11.7. The van der Waals surface area contributed by atoms with Gasteiger partial charge in [0.25, 0.3) is 5.91 Å². The Morgan fingerprint density at radius 2 is 1.61 bits per heavy atom. The third kappa shape index (κ3) is 6.44. The van der Waals surface area contributed by atoms with Crippen LogP contribution in [0.5, 0.6) is 0 Å². The predicted molar refractivity (Wildman–Crippen MR) is 129 cm³/mol. The van der Waals surface area contributed by atoms with E-state index in [4.69, 9.17) is 0 Å². The lowest BCUT2D eigenvalue weighted by Gasteiger charge is -2.25. The number of thioether (sulfide) groups is 1. The van der Waals surface area contributed by atoms with E-state index in [0.717, 1.165) is 21.8 Å². The van der Waals surface area contributed by atoms with Crippen LogP contribution in [0.3, 0.4) is 0 Å². The molecule has 0 heterocycles. The van der Waals surface area contributed by atoms with Crippen LogP contribution in [0.4, 0.5) is 11.4 Å². The van der Waals surface area contributed by atoms with Crippen LogP contribution >= 0.6 is 11.8 Å². The van der Waals surface area contributed by atoms with Crippen molar-refractivity contribution in [3.05, 3.63) is 90.0 Å². The summed E-state index contributed by atoms with van der Waals surface area (Å²) in [4.78, 5) is 28.0. The first kappa shape index (κ1) is 22.6. The van der Waals surface area contributed by atoms with Crippen molar-refractivity contribution in [2.75, 3.05) is 30.5 Å². The van der Waals surface area contributed by atoms with E-state index < -0.39 is 0 Å². The van der Waals surface area contributed by atoms with Crippen molar-refractivity contribution in [3.8, 4) is 0 Å². The summed E-state index contributed by atoms with van der Waals surface area (Å²) in [5, 5.41) is 5.88. The summed E-state index contributed by atoms with van der Waals surface area (Å²) < 4.78 is 0. The number of amides is 2. The molecule has 5 nitrogen and oxygen atoms in total. The molecule has 0 spiro atoms. The minimum absolute atomic E-state index is 0.00167. The molecule has 2 amide bonds. The Balaban J connectivity index is 1.59. The van der Waals surface area contributed by atoms with E-state index in [2.05, 4.69) is 10.6 Å². The number of rotatable bonds is 8. The van der Waals surface area contributed by atoms with Gasteiger partial charge in [-0.15, -0.1) is 11.8 Å². The van der Waals surface area contributed by atoms with Crippen molar-refractivity contribution >= 4 is 35.0 Å². The summed E-state index contributed by atoms with van der Waals surface area (Å²) in [6.07, 6.45) is 2.02. The fourth-order valence-electron chi connectivity index (χ4n) is 3.16. The van der Waals surface area contributed by atoms with Gasteiger partial charge in [-0.25, -0.2) is 0 Å². The summed E-state index contributed by atoms with van der Waals surface area (Å²) in [6.45, 7) is 2.30. The first-order chi connectivity index (χ1) is 15.0. The Labute approximate surface area is 187 Å². The van der Waals surface area contributed by atoms with Crippen molar-refractivity contribution in [2.45, 2.75) is 17.9 Å². The molecule has 160 valence electrons. The average molecular weight is 434 g/mol. The van der Waals surface area contributed by atoms with Gasteiger partial charge in [0, 0.05) is 27.9 Å². The zero-order valence-corrected chi connectivity index (χ0v) is 18.8. The van der Waals surface area contributed by atoms with Crippen molar-refractivity contribution in [1.29, 1.82) is 0 Å². The number of carbonyl (C=O) groups excluding carboxylic acids is 2. The SMILES string of the molecule is CSc1ccc(NC(=O)CN(C)C(C)c2cccc(NC(=O)c3ccccc3)c2)cc1. The Morgan fingerprint density at radius 1 is 0.903 bits per heavy atom. The average Bonchev–Trinajstić information content (AvgIpc) is 2.79. The molecule has 1 unspecified atom stereocenters. The van der Waals surface area contributed by atoms with E-state index in [9.17, 15) is 9.59 Å². The fraction of sp³-hybridized carbons (Fsp3) is 0.200. The van der Waals surface area contributed by atoms with Gasteiger partial charge in [-0.2, -0.15) is 0 Å². The van der Waals surface area contributed by atoms with Gasteiger partial charge in [-0.3, -0.25) is 14.5 Å². The Bertz CT molecular complexity index is 1020. The summed E-state index contributed by atoms with van der Waals surface area (Å²) in [5.41, 5.74) is 3.14. The number of benzene rings is 3. The number of carbonyl (C=O) groups is 2. The molecule has 0 saturated carbocycles. The molecule has 3 rings (SSSR count). The maximum Gasteiger partial charge on any atom is 0.255 e. The highest BCUT2D eigenvalue weighted by Gasteiger charge is 2.16. The highest BCUT2D eigenvalue weighted by molar-refractivity contribution is 7.98. The Kier molecular flexibility index (Phi) is 7.87. The van der Waals surface area contributed by atoms with Crippen LogP contribution < -0.4 is 10.6 Å². The molecule has 0 radical (unpaired) electrons. The van der Waals surface area contributed by atoms with Crippen molar-refractivity contribution in [1.82, 2.24) is 4.90 Å². The van der Waals surface area contributed by atoms with Crippen LogP contribution in [0.2, 0.25) is 0 Å². The first-order valence-electron chi connectivity index (χ1n) is 10.1. The van der Waals surface area contributed by atoms with Crippen molar-refractivity contribution in [2.24, 2.45) is 0 Å². The number of nitrogens with zero attached hydrogens (tertiary/aromatic N) is 1. The van der Waals surface area contributed by atoms with Crippen LogP contribution in [-0.4, -0.2) is 36.6 Å². The largest absolute Gasteiger partial charge is 0.325 e. The molecule has 0 bridgehead atoms. The second-order valence-electron chi connectivity index (χ2n) is 7.31. The molecule has 6 heteroatoms. The molecule has 1 atom stereocenters. The topological polar surface area (TPSA) is 61.4 Å². The van der Waals surface area contributed by atoms with Crippen LogP contribution in [0.15, 0.2) is 83.8 Å². The van der Waals surface area contributed by atoms with Crippen LogP contribution in [0, 0.1) is 0 Å². The maximum atomic E-state index is 12.5. The van der Waals surface area contributed by atoms with Crippen LogP contribution in [0.25, 0.3) is 0 Å². The number of hydrogen-bond acceptors (Lipinski definition) is 4. The highest BCUT2D eigenvalue weighted by Crippen LogP contribution is 2.23. The second kappa shape index (κ2) is 10.8. The molecule has 0 saturated heterocycles. The molecule has 3 aromatic rings. The monoisotopic (exact) mass is 433 g/mol. The molecule has 31 heavy (non-hydrogen) atoms. The summed E-state index contributed by atoms with van der Waals surface area (Å²) in [7, 11) is 1.91. The van der Waals surface area contributed by atoms with E-state index in [1.54, 1.807) is 23.9 Å². The third-order valence-electron chi connectivity index (χ3n) is 5.09. The van der Waals surface area contributed by atoms with E-state index in [1.165, 1.54) is 0 Å². The summed E-state index contributed by atoms with van der Waals surface area (Å²) >= 11 is 1.66. The molecule has 3 aromatic carbocycles. The van der Waals surface area contributed by atoms with Gasteiger partial charge < -0.3 is 10.6 Å². The Hall–Kier alpha value is -3.09. The first-order valence-corrected chi connectivity index (χ1v) is 11.3.